The fourth-order valence-corrected chi connectivity index (χ4v) is 2.50. The van der Waals surface area contributed by atoms with Crippen molar-refractivity contribution in [2.45, 2.75) is 32.4 Å². The van der Waals surface area contributed by atoms with Crippen molar-refractivity contribution in [1.82, 2.24) is 4.90 Å². The minimum Gasteiger partial charge on any atom is -0.393 e. The second-order valence-corrected chi connectivity index (χ2v) is 4.75. The molecule has 1 fully saturated rings. The van der Waals surface area contributed by atoms with Gasteiger partial charge in [-0.2, -0.15) is 0 Å². The fraction of sp³-hybridized carbons (Fsp3) is 0.571. The fourth-order valence-electron chi connectivity index (χ4n) is 2.50. The standard InChI is InChI=1S/C14H21NO/c1-2-14(16)13-8-9-15(11-13)10-12-6-4-3-5-7-12/h3-7,13-14,16H,2,8-11H2,1H3/t13-,14-/m1/s1. The van der Waals surface area contributed by atoms with Gasteiger partial charge in [0.25, 0.3) is 0 Å². The Kier molecular flexibility index (Phi) is 3.97. The predicted molar refractivity (Wildman–Crippen MR) is 66.1 cm³/mol. The van der Waals surface area contributed by atoms with Crippen molar-refractivity contribution in [2.24, 2.45) is 5.92 Å². The molecule has 0 spiro atoms. The van der Waals surface area contributed by atoms with Crippen molar-refractivity contribution in [3.63, 3.8) is 0 Å². The SMILES string of the molecule is CC[C@@H](O)[C@@H]1CCN(Cc2ccccc2)C1. The minimum absolute atomic E-state index is 0.110. The molecule has 16 heavy (non-hydrogen) atoms. The largest absolute Gasteiger partial charge is 0.393 e. The van der Waals surface area contributed by atoms with Gasteiger partial charge in [0.1, 0.15) is 0 Å². The van der Waals surface area contributed by atoms with Crippen LogP contribution in [-0.2, 0) is 6.54 Å². The van der Waals surface area contributed by atoms with Crippen LogP contribution in [0.4, 0.5) is 0 Å². The van der Waals surface area contributed by atoms with E-state index in [-0.39, 0.29) is 6.10 Å². The highest BCUT2D eigenvalue weighted by atomic mass is 16.3. The second-order valence-electron chi connectivity index (χ2n) is 4.75. The summed E-state index contributed by atoms with van der Waals surface area (Å²) >= 11 is 0. The third-order valence-corrected chi connectivity index (χ3v) is 3.52. The second kappa shape index (κ2) is 5.46. The summed E-state index contributed by atoms with van der Waals surface area (Å²) in [6, 6.07) is 10.6. The zero-order valence-electron chi connectivity index (χ0n) is 9.97. The van der Waals surface area contributed by atoms with Crippen LogP contribution in [0.25, 0.3) is 0 Å². The number of benzene rings is 1. The van der Waals surface area contributed by atoms with Crippen LogP contribution in [0.5, 0.6) is 0 Å². The Morgan fingerprint density at radius 2 is 2.12 bits per heavy atom. The van der Waals surface area contributed by atoms with Crippen LogP contribution in [0, 0.1) is 5.92 Å². The van der Waals surface area contributed by atoms with Crippen molar-refractivity contribution in [3.05, 3.63) is 35.9 Å². The van der Waals surface area contributed by atoms with Gasteiger partial charge in [-0.05, 0) is 30.9 Å². The van der Waals surface area contributed by atoms with E-state index in [1.165, 1.54) is 5.56 Å². The molecule has 1 aliphatic heterocycles. The van der Waals surface area contributed by atoms with Gasteiger partial charge in [0.05, 0.1) is 6.10 Å². The maximum Gasteiger partial charge on any atom is 0.0578 e. The number of hydrogen-bond acceptors (Lipinski definition) is 2. The highest BCUT2D eigenvalue weighted by molar-refractivity contribution is 5.14. The Bertz CT molecular complexity index is 312. The molecular formula is C14H21NO. The molecule has 2 nitrogen and oxygen atoms in total. The van der Waals surface area contributed by atoms with Gasteiger partial charge in [0.2, 0.25) is 0 Å². The summed E-state index contributed by atoms with van der Waals surface area (Å²) in [5.74, 6) is 0.480. The van der Waals surface area contributed by atoms with Gasteiger partial charge in [0, 0.05) is 13.1 Å². The quantitative estimate of drug-likeness (QED) is 0.839. The van der Waals surface area contributed by atoms with Crippen molar-refractivity contribution >= 4 is 0 Å². The number of hydrogen-bond donors (Lipinski definition) is 1. The highest BCUT2D eigenvalue weighted by Gasteiger charge is 2.26. The van der Waals surface area contributed by atoms with Crippen LogP contribution < -0.4 is 0 Å². The molecule has 2 rings (SSSR count). The van der Waals surface area contributed by atoms with E-state index >= 15 is 0 Å². The summed E-state index contributed by atoms with van der Waals surface area (Å²) in [4.78, 5) is 2.44. The smallest absolute Gasteiger partial charge is 0.0578 e. The van der Waals surface area contributed by atoms with Crippen LogP contribution in [0.2, 0.25) is 0 Å². The van der Waals surface area contributed by atoms with Crippen molar-refractivity contribution in [3.8, 4) is 0 Å². The van der Waals surface area contributed by atoms with Crippen LogP contribution in [-0.4, -0.2) is 29.2 Å². The average molecular weight is 219 g/mol. The van der Waals surface area contributed by atoms with Gasteiger partial charge in [-0.15, -0.1) is 0 Å². The van der Waals surface area contributed by atoms with Crippen LogP contribution in [0.3, 0.4) is 0 Å². The van der Waals surface area contributed by atoms with Gasteiger partial charge in [-0.1, -0.05) is 37.3 Å². The van der Waals surface area contributed by atoms with E-state index in [0.29, 0.717) is 5.92 Å². The lowest BCUT2D eigenvalue weighted by Gasteiger charge is -2.18. The summed E-state index contributed by atoms with van der Waals surface area (Å²) < 4.78 is 0. The molecule has 0 saturated carbocycles. The molecule has 1 saturated heterocycles. The van der Waals surface area contributed by atoms with E-state index in [4.69, 9.17) is 0 Å². The first kappa shape index (κ1) is 11.6. The highest BCUT2D eigenvalue weighted by Crippen LogP contribution is 2.22. The molecule has 1 heterocycles. The monoisotopic (exact) mass is 219 g/mol. The first-order valence-electron chi connectivity index (χ1n) is 6.24. The van der Waals surface area contributed by atoms with Crippen LogP contribution in [0.15, 0.2) is 30.3 Å². The molecule has 1 aromatic carbocycles. The van der Waals surface area contributed by atoms with Gasteiger partial charge in [-0.3, -0.25) is 4.90 Å². The van der Waals surface area contributed by atoms with Gasteiger partial charge < -0.3 is 5.11 Å². The Hall–Kier alpha value is -0.860. The maximum atomic E-state index is 9.81. The summed E-state index contributed by atoms with van der Waals surface area (Å²) in [6.07, 6.45) is 1.91. The average Bonchev–Trinajstić information content (AvgIpc) is 2.78. The molecule has 0 unspecified atom stereocenters. The van der Waals surface area contributed by atoms with Gasteiger partial charge in [0.15, 0.2) is 0 Å². The first-order valence-corrected chi connectivity index (χ1v) is 6.24. The number of aliphatic hydroxyl groups is 1. The summed E-state index contributed by atoms with van der Waals surface area (Å²) in [7, 11) is 0. The molecule has 88 valence electrons. The van der Waals surface area contributed by atoms with E-state index in [0.717, 1.165) is 32.5 Å². The summed E-state index contributed by atoms with van der Waals surface area (Å²) in [6.45, 7) is 5.25. The molecule has 0 radical (unpaired) electrons. The van der Waals surface area contributed by atoms with Gasteiger partial charge in [-0.25, -0.2) is 0 Å². The maximum absolute atomic E-state index is 9.81. The van der Waals surface area contributed by atoms with E-state index in [9.17, 15) is 5.11 Å². The number of likely N-dealkylation sites (tertiary alicyclic amines) is 1. The number of aliphatic hydroxyl groups excluding tert-OH is 1. The first-order chi connectivity index (χ1) is 7.79. The molecule has 0 aromatic heterocycles. The summed E-state index contributed by atoms with van der Waals surface area (Å²) in [5.41, 5.74) is 1.37. The predicted octanol–water partition coefficient (Wildman–Crippen LogP) is 2.28. The lowest BCUT2D eigenvalue weighted by atomic mass is 10.00. The van der Waals surface area contributed by atoms with E-state index in [2.05, 4.69) is 42.2 Å². The topological polar surface area (TPSA) is 23.5 Å². The minimum atomic E-state index is -0.110. The Labute approximate surface area is 97.9 Å². The van der Waals surface area contributed by atoms with Crippen molar-refractivity contribution in [1.29, 1.82) is 0 Å². The van der Waals surface area contributed by atoms with Gasteiger partial charge >= 0.3 is 0 Å². The molecule has 1 aliphatic rings. The lowest BCUT2D eigenvalue weighted by Crippen LogP contribution is -2.25. The van der Waals surface area contributed by atoms with E-state index in [1.54, 1.807) is 0 Å². The molecule has 2 heteroatoms. The Balaban J connectivity index is 1.85. The Morgan fingerprint density at radius 3 is 2.81 bits per heavy atom. The van der Waals surface area contributed by atoms with E-state index < -0.39 is 0 Å². The van der Waals surface area contributed by atoms with Crippen LogP contribution in [0.1, 0.15) is 25.3 Å². The van der Waals surface area contributed by atoms with Crippen molar-refractivity contribution in [2.75, 3.05) is 13.1 Å². The summed E-state index contributed by atoms with van der Waals surface area (Å²) in [5, 5.41) is 9.81. The molecule has 2 atom stereocenters. The normalized spacial score (nSPS) is 23.5. The molecule has 0 bridgehead atoms. The van der Waals surface area contributed by atoms with Crippen molar-refractivity contribution < 1.29 is 5.11 Å². The number of rotatable bonds is 4. The Morgan fingerprint density at radius 1 is 1.38 bits per heavy atom. The molecule has 0 amide bonds. The third-order valence-electron chi connectivity index (χ3n) is 3.52. The third kappa shape index (κ3) is 2.83. The molecule has 1 aromatic rings. The zero-order valence-corrected chi connectivity index (χ0v) is 9.97. The van der Waals surface area contributed by atoms with E-state index in [1.807, 2.05) is 0 Å². The molecular weight excluding hydrogens is 198 g/mol. The molecule has 1 N–H and O–H groups in total. The zero-order chi connectivity index (χ0) is 11.4. The van der Waals surface area contributed by atoms with Crippen LogP contribution >= 0.6 is 0 Å². The lowest BCUT2D eigenvalue weighted by molar-refractivity contribution is 0.106. The molecule has 0 aliphatic carbocycles. The number of nitrogens with zero attached hydrogens (tertiary/aromatic N) is 1.